The number of nitrogens with one attached hydrogen (secondary N) is 1. The summed E-state index contributed by atoms with van der Waals surface area (Å²) in [4.78, 5) is 23.8. The maximum absolute atomic E-state index is 11.6. The van der Waals surface area contributed by atoms with Crippen LogP contribution in [0.4, 0.5) is 5.13 Å². The second-order valence-electron chi connectivity index (χ2n) is 8.21. The minimum Gasteiger partial charge on any atom is -0.305 e. The third-order valence-electron chi connectivity index (χ3n) is 5.41. The van der Waals surface area contributed by atoms with Crippen molar-refractivity contribution in [2.75, 3.05) is 19.4 Å². The van der Waals surface area contributed by atoms with Gasteiger partial charge in [0.15, 0.2) is 5.13 Å². The van der Waals surface area contributed by atoms with Crippen molar-refractivity contribution in [3.8, 4) is 27.5 Å². The van der Waals surface area contributed by atoms with E-state index in [1.54, 1.807) is 6.20 Å². The second-order valence-corrected chi connectivity index (χ2v) is 9.21. The van der Waals surface area contributed by atoms with Gasteiger partial charge in [-0.15, -0.1) is 0 Å². The zero-order chi connectivity index (χ0) is 22.2. The van der Waals surface area contributed by atoms with Crippen LogP contribution < -0.4 is 5.32 Å². The minimum absolute atomic E-state index is 0.114. The molecule has 1 aliphatic rings. The number of aryl methyl sites for hydroxylation is 1. The third kappa shape index (κ3) is 3.83. The summed E-state index contributed by atoms with van der Waals surface area (Å²) in [5, 5.41) is 8.52. The van der Waals surface area contributed by atoms with Crippen molar-refractivity contribution in [1.82, 2.24) is 24.6 Å². The van der Waals surface area contributed by atoms with Crippen LogP contribution in [0.2, 0.25) is 0 Å². The van der Waals surface area contributed by atoms with E-state index < -0.39 is 0 Å². The van der Waals surface area contributed by atoms with Crippen LogP contribution >= 0.6 is 11.3 Å². The van der Waals surface area contributed by atoms with E-state index in [2.05, 4.69) is 58.5 Å². The molecule has 0 bridgehead atoms. The number of nitrogens with zero attached hydrogens (tertiary/aromatic N) is 5. The Hall–Kier alpha value is -3.36. The van der Waals surface area contributed by atoms with Gasteiger partial charge in [0, 0.05) is 37.0 Å². The third-order valence-corrected chi connectivity index (χ3v) is 6.43. The summed E-state index contributed by atoms with van der Waals surface area (Å²) in [6, 6.07) is 12.5. The average molecular weight is 445 g/mol. The lowest BCUT2D eigenvalue weighted by molar-refractivity contribution is -0.114. The summed E-state index contributed by atoms with van der Waals surface area (Å²) in [6.45, 7) is 2.39. The Morgan fingerprint density at radius 2 is 2.00 bits per heavy atom. The van der Waals surface area contributed by atoms with Crippen LogP contribution in [0.1, 0.15) is 23.7 Å². The van der Waals surface area contributed by atoms with Gasteiger partial charge in [-0.05, 0) is 56.8 Å². The predicted octanol–water partition coefficient (Wildman–Crippen LogP) is 4.18. The first-order chi connectivity index (χ1) is 15.5. The fourth-order valence-electron chi connectivity index (χ4n) is 4.10. The number of fused-ring (bicyclic) bond motifs is 3. The Kier molecular flexibility index (Phi) is 5.32. The molecule has 0 unspecified atom stereocenters. The predicted molar refractivity (Wildman–Crippen MR) is 127 cm³/mol. The fourth-order valence-corrected chi connectivity index (χ4v) is 5.22. The molecule has 3 aromatic heterocycles. The van der Waals surface area contributed by atoms with Gasteiger partial charge in [0.05, 0.1) is 27.6 Å². The van der Waals surface area contributed by atoms with Crippen molar-refractivity contribution in [2.45, 2.75) is 26.3 Å². The largest absolute Gasteiger partial charge is 0.305 e. The molecule has 0 saturated carbocycles. The lowest BCUT2D eigenvalue weighted by Crippen LogP contribution is -2.10. The molecular weight excluding hydrogens is 420 g/mol. The summed E-state index contributed by atoms with van der Waals surface area (Å²) >= 11 is 1.51. The standard InChI is InChI=1S/C24H24N6OS/c1-15(31)26-24-27-20-11-10-19-21(17-5-4-12-25-13-17)28-30(22(19)23(20)32-24)18-8-6-16(7-9-18)14-29(2)3/h4-9,12-13H,10-11,14H2,1-3H3,(H,26,27,31). The number of benzene rings is 1. The normalized spacial score (nSPS) is 12.5. The van der Waals surface area contributed by atoms with Gasteiger partial charge in [-0.1, -0.05) is 23.5 Å². The molecule has 1 aliphatic carbocycles. The van der Waals surface area contributed by atoms with Crippen LogP contribution in [0.15, 0.2) is 48.8 Å². The summed E-state index contributed by atoms with van der Waals surface area (Å²) in [7, 11) is 4.13. The van der Waals surface area contributed by atoms with E-state index >= 15 is 0 Å². The molecule has 0 fully saturated rings. The first kappa shape index (κ1) is 20.5. The van der Waals surface area contributed by atoms with Gasteiger partial charge in [0.1, 0.15) is 0 Å². The fraction of sp³-hybridized carbons (Fsp3) is 0.250. The van der Waals surface area contributed by atoms with Crippen LogP contribution in [-0.2, 0) is 24.2 Å². The molecule has 8 heteroatoms. The molecule has 162 valence electrons. The van der Waals surface area contributed by atoms with Gasteiger partial charge in [0.25, 0.3) is 0 Å². The molecule has 1 amide bonds. The van der Waals surface area contributed by atoms with E-state index in [1.807, 2.05) is 23.0 Å². The van der Waals surface area contributed by atoms with Crippen LogP contribution in [0, 0.1) is 0 Å². The monoisotopic (exact) mass is 444 g/mol. The molecule has 0 atom stereocenters. The van der Waals surface area contributed by atoms with Crippen molar-refractivity contribution < 1.29 is 4.79 Å². The van der Waals surface area contributed by atoms with Crippen molar-refractivity contribution in [1.29, 1.82) is 0 Å². The molecule has 0 spiro atoms. The number of hydrogen-bond acceptors (Lipinski definition) is 6. The van der Waals surface area contributed by atoms with Gasteiger partial charge in [-0.2, -0.15) is 5.10 Å². The quantitative estimate of drug-likeness (QED) is 0.500. The highest BCUT2D eigenvalue weighted by molar-refractivity contribution is 7.19. The van der Waals surface area contributed by atoms with Gasteiger partial charge < -0.3 is 10.2 Å². The lowest BCUT2D eigenvalue weighted by Gasteiger charge is -2.15. The maximum Gasteiger partial charge on any atom is 0.223 e. The molecule has 32 heavy (non-hydrogen) atoms. The van der Waals surface area contributed by atoms with E-state index in [4.69, 9.17) is 5.10 Å². The number of hydrogen-bond donors (Lipinski definition) is 1. The van der Waals surface area contributed by atoms with E-state index in [-0.39, 0.29) is 5.91 Å². The van der Waals surface area contributed by atoms with Crippen LogP contribution in [0.5, 0.6) is 0 Å². The topological polar surface area (TPSA) is 75.9 Å². The van der Waals surface area contributed by atoms with E-state index in [0.717, 1.165) is 52.6 Å². The van der Waals surface area contributed by atoms with E-state index in [1.165, 1.54) is 29.4 Å². The highest BCUT2D eigenvalue weighted by Crippen LogP contribution is 2.44. The molecule has 5 rings (SSSR count). The molecule has 7 nitrogen and oxygen atoms in total. The summed E-state index contributed by atoms with van der Waals surface area (Å²) in [5.74, 6) is -0.114. The Morgan fingerprint density at radius 3 is 2.69 bits per heavy atom. The SMILES string of the molecule is CC(=O)Nc1nc2c(s1)-c1c(c(-c3cccnc3)nn1-c1ccc(CN(C)C)cc1)CC2. The van der Waals surface area contributed by atoms with Crippen LogP contribution in [0.25, 0.3) is 27.5 Å². The van der Waals surface area contributed by atoms with E-state index in [9.17, 15) is 4.79 Å². The smallest absolute Gasteiger partial charge is 0.223 e. The summed E-state index contributed by atoms with van der Waals surface area (Å²) in [5.41, 5.74) is 7.46. The Balaban J connectivity index is 1.66. The maximum atomic E-state index is 11.6. The molecule has 0 aliphatic heterocycles. The van der Waals surface area contributed by atoms with Gasteiger partial charge in [0.2, 0.25) is 5.91 Å². The first-order valence-corrected chi connectivity index (χ1v) is 11.4. The van der Waals surface area contributed by atoms with Crippen LogP contribution in [-0.4, -0.2) is 44.7 Å². The number of rotatable bonds is 5. The zero-order valence-corrected chi connectivity index (χ0v) is 19.1. The molecule has 0 saturated heterocycles. The second kappa shape index (κ2) is 8.29. The number of aromatic nitrogens is 4. The Bertz CT molecular complexity index is 1270. The van der Waals surface area contributed by atoms with Crippen molar-refractivity contribution >= 4 is 22.4 Å². The summed E-state index contributed by atoms with van der Waals surface area (Å²) in [6.07, 6.45) is 5.29. The highest BCUT2D eigenvalue weighted by Gasteiger charge is 2.29. The number of carbonyl (C=O) groups excluding carboxylic acids is 1. The molecule has 0 radical (unpaired) electrons. The van der Waals surface area contributed by atoms with Crippen molar-refractivity contribution in [2.24, 2.45) is 0 Å². The molecule has 4 aromatic rings. The zero-order valence-electron chi connectivity index (χ0n) is 18.3. The molecule has 1 N–H and O–H groups in total. The number of thiazole rings is 1. The molecule has 3 heterocycles. The molecule has 1 aromatic carbocycles. The Labute approximate surface area is 190 Å². The van der Waals surface area contributed by atoms with Crippen molar-refractivity contribution in [3.05, 3.63) is 65.6 Å². The van der Waals surface area contributed by atoms with Crippen molar-refractivity contribution in [3.63, 3.8) is 0 Å². The summed E-state index contributed by atoms with van der Waals surface area (Å²) < 4.78 is 2.02. The number of carbonyl (C=O) groups is 1. The number of amides is 1. The number of pyridine rings is 1. The van der Waals surface area contributed by atoms with E-state index in [0.29, 0.717) is 5.13 Å². The lowest BCUT2D eigenvalue weighted by atomic mass is 9.95. The first-order valence-electron chi connectivity index (χ1n) is 10.5. The van der Waals surface area contributed by atoms with Crippen LogP contribution in [0.3, 0.4) is 0 Å². The number of anilines is 1. The Morgan fingerprint density at radius 1 is 1.19 bits per heavy atom. The van der Waals surface area contributed by atoms with Gasteiger partial charge in [-0.25, -0.2) is 9.67 Å². The molecular formula is C24H24N6OS. The minimum atomic E-state index is -0.114. The van der Waals surface area contributed by atoms with Gasteiger partial charge in [-0.3, -0.25) is 9.78 Å². The average Bonchev–Trinajstić information content (AvgIpc) is 3.35. The van der Waals surface area contributed by atoms with Gasteiger partial charge >= 0.3 is 0 Å². The highest BCUT2D eigenvalue weighted by atomic mass is 32.1.